The van der Waals surface area contributed by atoms with Crippen molar-refractivity contribution in [2.75, 3.05) is 6.54 Å². The predicted octanol–water partition coefficient (Wildman–Crippen LogP) is 4.27. The third-order valence-corrected chi connectivity index (χ3v) is 4.91. The highest BCUT2D eigenvalue weighted by Crippen LogP contribution is 2.28. The fourth-order valence-corrected chi connectivity index (χ4v) is 3.22. The number of alkyl halides is 1. The number of amides is 1. The zero-order chi connectivity index (χ0) is 13.8. The zero-order valence-electron chi connectivity index (χ0n) is 10.5. The second kappa shape index (κ2) is 6.84. The number of carbonyl (C=O) groups excluding carboxylic acids is 1. The molecule has 5 heteroatoms. The smallest absolute Gasteiger partial charge is 0.254 e. The molecule has 0 atom stereocenters. The molecule has 0 aliphatic heterocycles. The molecule has 1 saturated carbocycles. The Labute approximate surface area is 129 Å². The molecule has 1 aromatic rings. The van der Waals surface area contributed by atoms with E-state index in [4.69, 9.17) is 0 Å². The summed E-state index contributed by atoms with van der Waals surface area (Å²) < 4.78 is 14.3. The van der Waals surface area contributed by atoms with Gasteiger partial charge >= 0.3 is 0 Å². The van der Waals surface area contributed by atoms with E-state index in [-0.39, 0.29) is 11.5 Å². The molecule has 2 rings (SSSR count). The molecule has 1 aromatic carbocycles. The van der Waals surface area contributed by atoms with E-state index in [1.807, 2.05) is 0 Å². The van der Waals surface area contributed by atoms with Crippen LogP contribution in [-0.4, -0.2) is 17.3 Å². The van der Waals surface area contributed by atoms with Gasteiger partial charge in [-0.2, -0.15) is 0 Å². The molecule has 1 aliphatic rings. The summed E-state index contributed by atoms with van der Waals surface area (Å²) in [6.45, 7) is 0.629. The predicted molar refractivity (Wildman–Crippen MR) is 81.1 cm³/mol. The molecular weight excluding hydrogens is 377 g/mol. The van der Waals surface area contributed by atoms with Crippen LogP contribution in [0.15, 0.2) is 22.7 Å². The maximum atomic E-state index is 13.5. The van der Waals surface area contributed by atoms with E-state index in [0.29, 0.717) is 21.8 Å². The van der Waals surface area contributed by atoms with Crippen LogP contribution >= 0.6 is 31.9 Å². The molecule has 0 unspecified atom stereocenters. The van der Waals surface area contributed by atoms with E-state index in [9.17, 15) is 9.18 Å². The first-order valence-electron chi connectivity index (χ1n) is 6.43. The summed E-state index contributed by atoms with van der Waals surface area (Å²) in [5, 5.41) is 2.84. The molecule has 19 heavy (non-hydrogen) atoms. The Morgan fingerprint density at radius 3 is 2.68 bits per heavy atom. The first-order valence-corrected chi connectivity index (χ1v) is 8.14. The minimum atomic E-state index is -0.482. The Hall–Kier alpha value is -0.420. The second-order valence-corrected chi connectivity index (χ2v) is 7.16. The third-order valence-electron chi connectivity index (χ3n) is 3.50. The van der Waals surface area contributed by atoms with E-state index in [1.54, 1.807) is 6.07 Å². The summed E-state index contributed by atoms with van der Waals surface area (Å²) in [7, 11) is 0. The molecule has 0 heterocycles. The standard InChI is InChI=1S/C14H16Br2FNO/c15-10-3-1-9(2-4-10)8-18-14(19)12-7-11(16)5-6-13(12)17/h5-7,9-10H,1-4,8H2,(H,18,19). The van der Waals surface area contributed by atoms with Gasteiger partial charge in [0, 0.05) is 15.8 Å². The van der Waals surface area contributed by atoms with E-state index in [1.165, 1.54) is 12.1 Å². The number of hydrogen-bond donors (Lipinski definition) is 1. The van der Waals surface area contributed by atoms with Gasteiger partial charge in [0.05, 0.1) is 5.56 Å². The lowest BCUT2D eigenvalue weighted by molar-refractivity contribution is 0.0939. The van der Waals surface area contributed by atoms with Crippen molar-refractivity contribution in [1.82, 2.24) is 5.32 Å². The fourth-order valence-electron chi connectivity index (χ4n) is 2.33. The molecule has 1 amide bonds. The molecule has 0 bridgehead atoms. The fraction of sp³-hybridized carbons (Fsp3) is 0.500. The average Bonchev–Trinajstić information content (AvgIpc) is 2.40. The van der Waals surface area contributed by atoms with Gasteiger partial charge in [-0.1, -0.05) is 31.9 Å². The van der Waals surface area contributed by atoms with Crippen molar-refractivity contribution in [2.45, 2.75) is 30.5 Å². The number of nitrogens with one attached hydrogen (secondary N) is 1. The van der Waals surface area contributed by atoms with Gasteiger partial charge in [-0.3, -0.25) is 4.79 Å². The maximum absolute atomic E-state index is 13.5. The van der Waals surface area contributed by atoms with Crippen LogP contribution < -0.4 is 5.32 Å². The molecular formula is C14H16Br2FNO. The Morgan fingerprint density at radius 2 is 2.00 bits per heavy atom. The van der Waals surface area contributed by atoms with Crippen LogP contribution in [0, 0.1) is 11.7 Å². The van der Waals surface area contributed by atoms with Crippen LogP contribution in [0.3, 0.4) is 0 Å². The number of rotatable bonds is 3. The monoisotopic (exact) mass is 391 g/mol. The summed E-state index contributed by atoms with van der Waals surface area (Å²) in [5.74, 6) is -0.308. The third kappa shape index (κ3) is 4.28. The minimum Gasteiger partial charge on any atom is -0.352 e. The number of halogens is 3. The van der Waals surface area contributed by atoms with Crippen molar-refractivity contribution >= 4 is 37.8 Å². The molecule has 0 saturated heterocycles. The summed E-state index contributed by atoms with van der Waals surface area (Å²) >= 11 is 6.85. The van der Waals surface area contributed by atoms with Gasteiger partial charge in [0.25, 0.3) is 5.91 Å². The largest absolute Gasteiger partial charge is 0.352 e. The lowest BCUT2D eigenvalue weighted by Gasteiger charge is -2.25. The van der Waals surface area contributed by atoms with Gasteiger partial charge in [0.2, 0.25) is 0 Å². The molecule has 0 radical (unpaired) electrons. The van der Waals surface area contributed by atoms with Crippen LogP contribution in [0.4, 0.5) is 4.39 Å². The molecule has 104 valence electrons. The molecule has 1 N–H and O–H groups in total. The average molecular weight is 393 g/mol. The minimum absolute atomic E-state index is 0.101. The SMILES string of the molecule is O=C(NCC1CCC(Br)CC1)c1cc(Br)ccc1F. The van der Waals surface area contributed by atoms with Crippen LogP contribution in [0.25, 0.3) is 0 Å². The quantitative estimate of drug-likeness (QED) is 0.764. The number of hydrogen-bond acceptors (Lipinski definition) is 1. The van der Waals surface area contributed by atoms with Crippen LogP contribution in [0.5, 0.6) is 0 Å². The lowest BCUT2D eigenvalue weighted by atomic mass is 9.89. The first-order chi connectivity index (χ1) is 9.06. The van der Waals surface area contributed by atoms with Crippen molar-refractivity contribution in [2.24, 2.45) is 5.92 Å². The lowest BCUT2D eigenvalue weighted by Crippen LogP contribution is -2.31. The Balaban J connectivity index is 1.89. The Bertz CT molecular complexity index is 459. The summed E-state index contributed by atoms with van der Waals surface area (Å²) in [5.41, 5.74) is 0.101. The summed E-state index contributed by atoms with van der Waals surface area (Å²) in [4.78, 5) is 12.6. The molecule has 1 aliphatic carbocycles. The Morgan fingerprint density at radius 1 is 1.32 bits per heavy atom. The van der Waals surface area contributed by atoms with E-state index in [2.05, 4.69) is 37.2 Å². The van der Waals surface area contributed by atoms with Crippen molar-refractivity contribution in [3.05, 3.63) is 34.1 Å². The van der Waals surface area contributed by atoms with Gasteiger partial charge in [-0.15, -0.1) is 0 Å². The van der Waals surface area contributed by atoms with Crippen LogP contribution in [-0.2, 0) is 0 Å². The van der Waals surface area contributed by atoms with Gasteiger partial charge in [0.15, 0.2) is 0 Å². The van der Waals surface area contributed by atoms with E-state index < -0.39 is 5.82 Å². The molecule has 0 spiro atoms. The second-order valence-electron chi connectivity index (χ2n) is 4.95. The van der Waals surface area contributed by atoms with Gasteiger partial charge in [-0.05, 0) is 49.8 Å². The topological polar surface area (TPSA) is 29.1 Å². The van der Waals surface area contributed by atoms with Crippen LogP contribution in [0.1, 0.15) is 36.0 Å². The number of benzene rings is 1. The maximum Gasteiger partial charge on any atom is 0.254 e. The van der Waals surface area contributed by atoms with Crippen molar-refractivity contribution in [1.29, 1.82) is 0 Å². The first kappa shape index (κ1) is 15.0. The van der Waals surface area contributed by atoms with Crippen molar-refractivity contribution in [3.63, 3.8) is 0 Å². The zero-order valence-corrected chi connectivity index (χ0v) is 13.6. The van der Waals surface area contributed by atoms with Crippen LogP contribution in [0.2, 0.25) is 0 Å². The summed E-state index contributed by atoms with van der Waals surface area (Å²) in [6, 6.07) is 4.40. The molecule has 0 aromatic heterocycles. The normalized spacial score (nSPS) is 23.1. The van der Waals surface area contributed by atoms with E-state index in [0.717, 1.165) is 25.7 Å². The van der Waals surface area contributed by atoms with Crippen molar-refractivity contribution < 1.29 is 9.18 Å². The van der Waals surface area contributed by atoms with Gasteiger partial charge < -0.3 is 5.32 Å². The molecule has 1 fully saturated rings. The summed E-state index contributed by atoms with van der Waals surface area (Å²) in [6.07, 6.45) is 4.51. The Kier molecular flexibility index (Phi) is 5.39. The highest BCUT2D eigenvalue weighted by atomic mass is 79.9. The highest BCUT2D eigenvalue weighted by molar-refractivity contribution is 9.10. The van der Waals surface area contributed by atoms with Gasteiger partial charge in [-0.25, -0.2) is 4.39 Å². The number of carbonyl (C=O) groups is 1. The molecule has 2 nitrogen and oxygen atoms in total. The van der Waals surface area contributed by atoms with E-state index >= 15 is 0 Å². The van der Waals surface area contributed by atoms with Crippen molar-refractivity contribution in [3.8, 4) is 0 Å². The van der Waals surface area contributed by atoms with Gasteiger partial charge in [0.1, 0.15) is 5.82 Å². The highest BCUT2D eigenvalue weighted by Gasteiger charge is 2.20.